The Hall–Kier alpha value is -2.43. The van der Waals surface area contributed by atoms with Crippen LogP contribution in [0.2, 0.25) is 0 Å². The first-order valence-electron chi connectivity index (χ1n) is 6.47. The number of rotatable bonds is 3. The Kier molecular flexibility index (Phi) is 6.16. The van der Waals surface area contributed by atoms with E-state index in [0.717, 1.165) is 5.69 Å². The molecule has 0 aliphatic heterocycles. The number of carbonyl (C=O) groups is 1. The van der Waals surface area contributed by atoms with Gasteiger partial charge in [0.25, 0.3) is 5.91 Å². The van der Waals surface area contributed by atoms with E-state index in [1.807, 2.05) is 32.9 Å². The van der Waals surface area contributed by atoms with Gasteiger partial charge in [0.05, 0.1) is 6.20 Å². The van der Waals surface area contributed by atoms with E-state index >= 15 is 0 Å². The number of carbonyl (C=O) groups excluding carboxylic acids is 1. The van der Waals surface area contributed by atoms with Crippen molar-refractivity contribution in [2.24, 2.45) is 0 Å². The Bertz CT molecular complexity index is 553. The molecule has 0 bridgehead atoms. The third-order valence-electron chi connectivity index (χ3n) is 2.31. The molecule has 0 radical (unpaired) electrons. The maximum absolute atomic E-state index is 11.4. The fourth-order valence-corrected chi connectivity index (χ4v) is 1.38. The highest BCUT2D eigenvalue weighted by Gasteiger charge is 2.06. The molecule has 0 aliphatic carbocycles. The summed E-state index contributed by atoms with van der Waals surface area (Å²) in [6, 6.07) is 6.95. The van der Waals surface area contributed by atoms with Gasteiger partial charge >= 0.3 is 0 Å². The van der Waals surface area contributed by atoms with Gasteiger partial charge in [-0.1, -0.05) is 13.8 Å². The summed E-state index contributed by atoms with van der Waals surface area (Å²) >= 11 is 0. The Labute approximate surface area is 119 Å². The number of hydrogen-bond acceptors (Lipinski definition) is 4. The van der Waals surface area contributed by atoms with Crippen LogP contribution in [0.25, 0.3) is 0 Å². The van der Waals surface area contributed by atoms with Crippen molar-refractivity contribution in [3.8, 4) is 11.5 Å². The Morgan fingerprint density at radius 1 is 1.15 bits per heavy atom. The number of nitrogens with zero attached hydrogens (tertiary/aromatic N) is 2. The molecular formula is C15H19N3O2. The molecule has 0 aliphatic rings. The number of aromatic nitrogens is 2. The van der Waals surface area contributed by atoms with E-state index in [2.05, 4.69) is 15.3 Å². The second kappa shape index (κ2) is 7.89. The van der Waals surface area contributed by atoms with Crippen LogP contribution in [0.1, 0.15) is 30.0 Å². The van der Waals surface area contributed by atoms with Gasteiger partial charge in [-0.3, -0.25) is 14.8 Å². The number of pyridine rings is 2. The Balaban J connectivity index is 0.000000956. The highest BCUT2D eigenvalue weighted by Crippen LogP contribution is 2.20. The van der Waals surface area contributed by atoms with Gasteiger partial charge in [0.1, 0.15) is 17.2 Å². The molecule has 0 unspecified atom stereocenters. The number of nitrogens with one attached hydrogen (secondary N) is 1. The van der Waals surface area contributed by atoms with Crippen LogP contribution >= 0.6 is 0 Å². The van der Waals surface area contributed by atoms with Crippen LogP contribution in [0.3, 0.4) is 0 Å². The fourth-order valence-electron chi connectivity index (χ4n) is 1.38. The number of aryl methyl sites for hydroxylation is 1. The van der Waals surface area contributed by atoms with Gasteiger partial charge in [-0.25, -0.2) is 0 Å². The molecule has 2 aromatic rings. The fraction of sp³-hybridized carbons (Fsp3) is 0.267. The van der Waals surface area contributed by atoms with Crippen LogP contribution in [0, 0.1) is 6.92 Å². The van der Waals surface area contributed by atoms with Crippen molar-refractivity contribution >= 4 is 5.91 Å². The van der Waals surface area contributed by atoms with Gasteiger partial charge in [-0.05, 0) is 25.1 Å². The summed E-state index contributed by atoms with van der Waals surface area (Å²) in [5, 5.41) is 2.51. The second-order valence-electron chi connectivity index (χ2n) is 3.69. The van der Waals surface area contributed by atoms with Gasteiger partial charge in [0.15, 0.2) is 0 Å². The molecule has 2 heterocycles. The lowest BCUT2D eigenvalue weighted by Gasteiger charge is -2.06. The summed E-state index contributed by atoms with van der Waals surface area (Å²) in [6.07, 6.45) is 3.16. The van der Waals surface area contributed by atoms with E-state index in [-0.39, 0.29) is 5.91 Å². The predicted molar refractivity (Wildman–Crippen MR) is 78.0 cm³/mol. The Morgan fingerprint density at radius 2 is 1.90 bits per heavy atom. The quantitative estimate of drug-likeness (QED) is 0.933. The first-order valence-corrected chi connectivity index (χ1v) is 6.47. The molecule has 1 amide bonds. The normalized spacial score (nSPS) is 9.20. The number of hydrogen-bond donors (Lipinski definition) is 1. The van der Waals surface area contributed by atoms with E-state index in [0.29, 0.717) is 17.2 Å². The van der Waals surface area contributed by atoms with Crippen LogP contribution in [-0.4, -0.2) is 22.9 Å². The number of amides is 1. The van der Waals surface area contributed by atoms with Crippen LogP contribution < -0.4 is 10.1 Å². The summed E-state index contributed by atoms with van der Waals surface area (Å²) in [4.78, 5) is 19.5. The van der Waals surface area contributed by atoms with Gasteiger partial charge in [-0.2, -0.15) is 0 Å². The third-order valence-corrected chi connectivity index (χ3v) is 2.31. The van der Waals surface area contributed by atoms with E-state index in [1.54, 1.807) is 25.4 Å². The minimum atomic E-state index is -0.248. The molecule has 5 nitrogen and oxygen atoms in total. The lowest BCUT2D eigenvalue weighted by molar-refractivity contribution is 0.0958. The van der Waals surface area contributed by atoms with E-state index in [4.69, 9.17) is 4.74 Å². The van der Waals surface area contributed by atoms with E-state index < -0.39 is 0 Å². The summed E-state index contributed by atoms with van der Waals surface area (Å²) in [6.45, 7) is 5.90. The molecule has 0 saturated carbocycles. The smallest absolute Gasteiger partial charge is 0.269 e. The third kappa shape index (κ3) is 4.35. The lowest BCUT2D eigenvalue weighted by atomic mass is 10.3. The lowest BCUT2D eigenvalue weighted by Crippen LogP contribution is -2.18. The van der Waals surface area contributed by atoms with Crippen molar-refractivity contribution in [1.82, 2.24) is 15.3 Å². The van der Waals surface area contributed by atoms with Crippen molar-refractivity contribution in [3.63, 3.8) is 0 Å². The zero-order valence-electron chi connectivity index (χ0n) is 12.2. The first-order chi connectivity index (χ1) is 9.69. The summed E-state index contributed by atoms with van der Waals surface area (Å²) in [7, 11) is 1.56. The van der Waals surface area contributed by atoms with Gasteiger partial charge in [0, 0.05) is 25.0 Å². The van der Waals surface area contributed by atoms with Crippen molar-refractivity contribution in [1.29, 1.82) is 0 Å². The number of ether oxygens (including phenoxy) is 1. The van der Waals surface area contributed by atoms with Crippen molar-refractivity contribution in [2.45, 2.75) is 20.8 Å². The molecule has 20 heavy (non-hydrogen) atoms. The van der Waals surface area contributed by atoms with Crippen LogP contribution in [0.15, 0.2) is 36.7 Å². The van der Waals surface area contributed by atoms with Crippen LogP contribution in [-0.2, 0) is 0 Å². The minimum absolute atomic E-state index is 0.248. The summed E-state index contributed by atoms with van der Waals surface area (Å²) < 4.78 is 5.59. The predicted octanol–water partition coefficient (Wildman–Crippen LogP) is 2.96. The molecule has 2 aromatic heterocycles. The van der Waals surface area contributed by atoms with E-state index in [9.17, 15) is 4.79 Å². The molecule has 0 aromatic carbocycles. The van der Waals surface area contributed by atoms with Crippen molar-refractivity contribution in [3.05, 3.63) is 48.0 Å². The standard InChI is InChI=1S/C13H13N3O2.C2H6/c1-9-3-4-11(8-16-9)18-10-5-6-15-12(7-10)13(17)14-2;1-2/h3-8H,1-2H3,(H,14,17);1-2H3. The van der Waals surface area contributed by atoms with Crippen molar-refractivity contribution in [2.75, 3.05) is 7.05 Å². The average molecular weight is 273 g/mol. The average Bonchev–Trinajstić information content (AvgIpc) is 2.51. The van der Waals surface area contributed by atoms with Crippen molar-refractivity contribution < 1.29 is 9.53 Å². The molecule has 1 N–H and O–H groups in total. The van der Waals surface area contributed by atoms with Gasteiger partial charge < -0.3 is 10.1 Å². The monoisotopic (exact) mass is 273 g/mol. The molecule has 106 valence electrons. The SMILES string of the molecule is CC.CNC(=O)c1cc(Oc2ccc(C)nc2)ccn1. The maximum Gasteiger partial charge on any atom is 0.269 e. The van der Waals surface area contributed by atoms with Crippen LogP contribution in [0.4, 0.5) is 0 Å². The van der Waals surface area contributed by atoms with E-state index in [1.165, 1.54) is 6.20 Å². The summed E-state index contributed by atoms with van der Waals surface area (Å²) in [5.74, 6) is 0.923. The maximum atomic E-state index is 11.4. The Morgan fingerprint density at radius 3 is 2.50 bits per heavy atom. The summed E-state index contributed by atoms with van der Waals surface area (Å²) in [5.41, 5.74) is 1.23. The largest absolute Gasteiger partial charge is 0.456 e. The van der Waals surface area contributed by atoms with Gasteiger partial charge in [0.2, 0.25) is 0 Å². The highest BCUT2D eigenvalue weighted by atomic mass is 16.5. The molecule has 2 rings (SSSR count). The first kappa shape index (κ1) is 15.6. The molecular weight excluding hydrogens is 254 g/mol. The second-order valence-corrected chi connectivity index (χ2v) is 3.69. The topological polar surface area (TPSA) is 64.1 Å². The molecule has 0 spiro atoms. The zero-order valence-corrected chi connectivity index (χ0v) is 12.2. The zero-order chi connectivity index (χ0) is 15.0. The minimum Gasteiger partial charge on any atom is -0.456 e. The molecule has 0 fully saturated rings. The highest BCUT2D eigenvalue weighted by molar-refractivity contribution is 5.92. The molecule has 0 atom stereocenters. The molecule has 0 saturated heterocycles. The van der Waals surface area contributed by atoms with Crippen LogP contribution in [0.5, 0.6) is 11.5 Å². The van der Waals surface area contributed by atoms with Gasteiger partial charge in [-0.15, -0.1) is 0 Å². The molecule has 5 heteroatoms.